The molecule has 0 amide bonds. The number of halogens is 3. The van der Waals surface area contributed by atoms with Gasteiger partial charge in [0.15, 0.2) is 0 Å². The lowest BCUT2D eigenvalue weighted by Gasteiger charge is -2.32. The summed E-state index contributed by atoms with van der Waals surface area (Å²) in [6, 6.07) is 26.4. The highest BCUT2D eigenvalue weighted by Gasteiger charge is 2.31. The first-order valence-electron chi connectivity index (χ1n) is 12.8. The molecular weight excluding hydrogens is 475 g/mol. The predicted octanol–water partition coefficient (Wildman–Crippen LogP) is 7.23. The van der Waals surface area contributed by atoms with Crippen molar-refractivity contribution in [3.8, 4) is 11.4 Å². The van der Waals surface area contributed by atoms with Crippen LogP contribution in [0.3, 0.4) is 0 Å². The first-order chi connectivity index (χ1) is 18.0. The Morgan fingerprint density at radius 1 is 0.865 bits per heavy atom. The van der Waals surface area contributed by atoms with Crippen molar-refractivity contribution in [3.05, 3.63) is 108 Å². The highest BCUT2D eigenvalue weighted by molar-refractivity contribution is 5.55. The molecule has 1 aliphatic heterocycles. The zero-order valence-electron chi connectivity index (χ0n) is 20.6. The molecule has 1 aliphatic rings. The van der Waals surface area contributed by atoms with Gasteiger partial charge < -0.3 is 9.42 Å². The van der Waals surface area contributed by atoms with Crippen molar-refractivity contribution >= 4 is 0 Å². The maximum Gasteiger partial charge on any atom is 0.416 e. The lowest BCUT2D eigenvalue weighted by molar-refractivity contribution is -0.137. The molecule has 0 bridgehead atoms. The first-order valence-corrected chi connectivity index (χ1v) is 12.8. The van der Waals surface area contributed by atoms with E-state index in [2.05, 4.69) is 75.7 Å². The predicted molar refractivity (Wildman–Crippen MR) is 137 cm³/mol. The fourth-order valence-corrected chi connectivity index (χ4v) is 5.16. The first kappa shape index (κ1) is 25.2. The minimum Gasteiger partial charge on any atom is -0.339 e. The molecule has 0 atom stereocenters. The summed E-state index contributed by atoms with van der Waals surface area (Å²) >= 11 is 0. The second-order valence-corrected chi connectivity index (χ2v) is 9.74. The van der Waals surface area contributed by atoms with E-state index in [1.165, 1.54) is 17.2 Å². The maximum atomic E-state index is 13.0. The zero-order valence-corrected chi connectivity index (χ0v) is 20.6. The summed E-state index contributed by atoms with van der Waals surface area (Å²) in [7, 11) is 0. The van der Waals surface area contributed by atoms with Crippen LogP contribution in [-0.4, -0.2) is 34.7 Å². The van der Waals surface area contributed by atoms with Crippen LogP contribution in [0.5, 0.6) is 0 Å². The van der Waals surface area contributed by atoms with Crippen LogP contribution in [-0.2, 0) is 12.6 Å². The Bertz CT molecular complexity index is 1230. The topological polar surface area (TPSA) is 42.2 Å². The Morgan fingerprint density at radius 3 is 2.14 bits per heavy atom. The van der Waals surface area contributed by atoms with E-state index in [1.54, 1.807) is 6.07 Å². The van der Waals surface area contributed by atoms with Crippen LogP contribution in [0.2, 0.25) is 0 Å². The summed E-state index contributed by atoms with van der Waals surface area (Å²) in [6.45, 7) is 3.05. The molecule has 4 nitrogen and oxygen atoms in total. The van der Waals surface area contributed by atoms with Crippen LogP contribution in [0.1, 0.15) is 47.8 Å². The fraction of sp³-hybridized carbons (Fsp3) is 0.333. The van der Waals surface area contributed by atoms with Crippen LogP contribution >= 0.6 is 0 Å². The molecule has 0 saturated carbocycles. The van der Waals surface area contributed by atoms with E-state index in [9.17, 15) is 13.2 Å². The van der Waals surface area contributed by atoms with Crippen molar-refractivity contribution in [3.63, 3.8) is 0 Å². The van der Waals surface area contributed by atoms with Crippen LogP contribution < -0.4 is 0 Å². The van der Waals surface area contributed by atoms with E-state index >= 15 is 0 Å². The Labute approximate surface area is 215 Å². The maximum absolute atomic E-state index is 13.0. The van der Waals surface area contributed by atoms with Crippen molar-refractivity contribution < 1.29 is 17.7 Å². The molecule has 1 fully saturated rings. The van der Waals surface area contributed by atoms with Gasteiger partial charge >= 0.3 is 6.18 Å². The molecule has 4 aromatic rings. The summed E-state index contributed by atoms with van der Waals surface area (Å²) in [5.74, 6) is 1.48. The van der Waals surface area contributed by atoms with Crippen molar-refractivity contribution in [2.75, 3.05) is 19.6 Å². The minimum atomic E-state index is -4.40. The number of benzene rings is 3. The molecule has 1 saturated heterocycles. The van der Waals surface area contributed by atoms with E-state index < -0.39 is 11.7 Å². The third-order valence-electron chi connectivity index (χ3n) is 7.22. The summed E-state index contributed by atoms with van der Waals surface area (Å²) in [6.07, 6.45) is -0.636. The molecule has 3 aromatic carbocycles. The third kappa shape index (κ3) is 6.46. The number of piperidine rings is 1. The van der Waals surface area contributed by atoms with E-state index in [0.717, 1.165) is 51.0 Å². The smallest absolute Gasteiger partial charge is 0.339 e. The molecule has 0 N–H and O–H groups in total. The van der Waals surface area contributed by atoms with Gasteiger partial charge in [-0.2, -0.15) is 18.2 Å². The Balaban J connectivity index is 1.15. The average Bonchev–Trinajstić information content (AvgIpc) is 3.39. The molecule has 37 heavy (non-hydrogen) atoms. The Kier molecular flexibility index (Phi) is 7.70. The molecule has 2 heterocycles. The van der Waals surface area contributed by atoms with Crippen LogP contribution in [0.15, 0.2) is 89.5 Å². The van der Waals surface area contributed by atoms with E-state index in [-0.39, 0.29) is 5.82 Å². The highest BCUT2D eigenvalue weighted by atomic mass is 19.4. The van der Waals surface area contributed by atoms with Crippen molar-refractivity contribution in [2.24, 2.45) is 5.92 Å². The van der Waals surface area contributed by atoms with Gasteiger partial charge in [-0.05, 0) is 68.1 Å². The summed E-state index contributed by atoms with van der Waals surface area (Å²) in [5.41, 5.74) is 2.28. The van der Waals surface area contributed by atoms with Gasteiger partial charge in [0.25, 0.3) is 0 Å². The quantitative estimate of drug-likeness (QED) is 0.253. The highest BCUT2D eigenvalue weighted by Crippen LogP contribution is 2.32. The molecule has 0 spiro atoms. The number of nitrogens with zero attached hydrogens (tertiary/aromatic N) is 3. The minimum absolute atomic E-state index is 0.200. The molecule has 7 heteroatoms. The second-order valence-electron chi connectivity index (χ2n) is 9.74. The molecule has 1 aromatic heterocycles. The Morgan fingerprint density at radius 2 is 1.51 bits per heavy atom. The summed E-state index contributed by atoms with van der Waals surface area (Å²) in [4.78, 5) is 6.91. The van der Waals surface area contributed by atoms with Gasteiger partial charge in [-0.15, -0.1) is 0 Å². The fourth-order valence-electron chi connectivity index (χ4n) is 5.16. The number of hydrogen-bond donors (Lipinski definition) is 0. The van der Waals surface area contributed by atoms with Crippen LogP contribution in [0.4, 0.5) is 13.2 Å². The average molecular weight is 506 g/mol. The standard InChI is InChI=1S/C30H30F3N3O/c31-30(32,33)26-13-7-12-25(21-26)29-34-28(37-35-29)20-22-14-17-36(18-15-22)19-16-27(23-8-3-1-4-9-23)24-10-5-2-6-11-24/h1-13,21-22,27H,14-20H2. The lowest BCUT2D eigenvalue weighted by Crippen LogP contribution is -2.35. The van der Waals surface area contributed by atoms with Gasteiger partial charge in [0.05, 0.1) is 5.56 Å². The normalized spacial score (nSPS) is 15.4. The monoisotopic (exact) mass is 505 g/mol. The molecule has 0 aliphatic carbocycles. The Hall–Kier alpha value is -3.45. The van der Waals surface area contributed by atoms with Gasteiger partial charge in [-0.3, -0.25) is 0 Å². The van der Waals surface area contributed by atoms with Crippen molar-refractivity contribution in [1.29, 1.82) is 0 Å². The zero-order chi connectivity index (χ0) is 25.7. The van der Waals surface area contributed by atoms with Gasteiger partial charge in [0, 0.05) is 17.9 Å². The van der Waals surface area contributed by atoms with E-state index in [4.69, 9.17) is 4.52 Å². The lowest BCUT2D eigenvalue weighted by atomic mass is 9.87. The molecule has 0 radical (unpaired) electrons. The molecule has 0 unspecified atom stereocenters. The van der Waals surface area contributed by atoms with Crippen molar-refractivity contribution in [1.82, 2.24) is 15.0 Å². The molecule has 5 rings (SSSR count). The van der Waals surface area contributed by atoms with Crippen LogP contribution in [0, 0.1) is 5.92 Å². The van der Waals surface area contributed by atoms with Crippen molar-refractivity contribution in [2.45, 2.75) is 37.8 Å². The number of rotatable bonds is 8. The van der Waals surface area contributed by atoms with Gasteiger partial charge in [0.2, 0.25) is 11.7 Å². The summed E-state index contributed by atoms with van der Waals surface area (Å²) < 4.78 is 44.5. The number of likely N-dealkylation sites (tertiary alicyclic amines) is 1. The van der Waals surface area contributed by atoms with Gasteiger partial charge in [-0.1, -0.05) is 78.0 Å². The molecular formula is C30H30F3N3O. The van der Waals surface area contributed by atoms with E-state index in [0.29, 0.717) is 29.7 Å². The molecule has 192 valence electrons. The van der Waals surface area contributed by atoms with Gasteiger partial charge in [-0.25, -0.2) is 0 Å². The number of alkyl halides is 3. The number of aromatic nitrogens is 2. The SMILES string of the molecule is FC(F)(F)c1cccc(-c2noc(CC3CCN(CCC(c4ccccc4)c4ccccc4)CC3)n2)c1. The second kappa shape index (κ2) is 11.3. The third-order valence-corrected chi connectivity index (χ3v) is 7.22. The number of hydrogen-bond acceptors (Lipinski definition) is 4. The largest absolute Gasteiger partial charge is 0.416 e. The summed E-state index contributed by atoms with van der Waals surface area (Å²) in [5, 5.41) is 3.93. The van der Waals surface area contributed by atoms with E-state index in [1.807, 2.05) is 0 Å². The van der Waals surface area contributed by atoms with Gasteiger partial charge in [0.1, 0.15) is 0 Å². The van der Waals surface area contributed by atoms with Crippen LogP contribution in [0.25, 0.3) is 11.4 Å².